The van der Waals surface area contributed by atoms with Crippen molar-refractivity contribution < 1.29 is 4.79 Å². The van der Waals surface area contributed by atoms with Gasteiger partial charge in [0.1, 0.15) is 0 Å². The number of nitrogens with zero attached hydrogens (tertiary/aromatic N) is 3. The van der Waals surface area contributed by atoms with E-state index in [1.54, 1.807) is 22.7 Å². The summed E-state index contributed by atoms with van der Waals surface area (Å²) >= 11 is 1.51. The minimum atomic E-state index is -0.0931. The van der Waals surface area contributed by atoms with Crippen molar-refractivity contribution in [2.75, 3.05) is 4.90 Å². The quantitative estimate of drug-likeness (QED) is 0.416. The first-order valence-electron chi connectivity index (χ1n) is 9.52. The van der Waals surface area contributed by atoms with Crippen molar-refractivity contribution in [3.05, 3.63) is 106 Å². The molecule has 1 amide bonds. The Labute approximate surface area is 179 Å². The van der Waals surface area contributed by atoms with E-state index < -0.39 is 0 Å². The summed E-state index contributed by atoms with van der Waals surface area (Å²) in [6.07, 6.45) is 1.78. The van der Waals surface area contributed by atoms with Crippen LogP contribution in [-0.2, 0) is 6.54 Å². The third kappa shape index (κ3) is 4.00. The first kappa shape index (κ1) is 19.6. The van der Waals surface area contributed by atoms with Gasteiger partial charge in [0.25, 0.3) is 5.91 Å². The van der Waals surface area contributed by atoms with Crippen LogP contribution in [0.1, 0.15) is 26.4 Å². The largest absolute Gasteiger partial charge is 0.303 e. The van der Waals surface area contributed by atoms with Crippen LogP contribution in [0.4, 0.5) is 5.69 Å². The predicted octanol–water partition coefficient (Wildman–Crippen LogP) is 5.84. The highest BCUT2D eigenvalue weighted by Crippen LogP contribution is 2.32. The maximum Gasteiger partial charge on any atom is 0.258 e. The van der Waals surface area contributed by atoms with Gasteiger partial charge in [0, 0.05) is 27.9 Å². The van der Waals surface area contributed by atoms with Crippen LogP contribution in [-0.4, -0.2) is 10.9 Å². The van der Waals surface area contributed by atoms with Crippen LogP contribution in [0.25, 0.3) is 11.1 Å². The number of carbonyl (C=O) groups excluding carboxylic acids is 1. The van der Waals surface area contributed by atoms with Crippen molar-refractivity contribution in [3.63, 3.8) is 0 Å². The van der Waals surface area contributed by atoms with Crippen LogP contribution in [0.5, 0.6) is 0 Å². The molecule has 30 heavy (non-hydrogen) atoms. The lowest BCUT2D eigenvalue weighted by molar-refractivity contribution is 0.0985. The van der Waals surface area contributed by atoms with Crippen LogP contribution >= 0.6 is 11.3 Å². The number of thiazole rings is 1. The Hall–Kier alpha value is -3.75. The topological polar surface area (TPSA) is 57.0 Å². The summed E-state index contributed by atoms with van der Waals surface area (Å²) in [6, 6.07) is 25.0. The number of benzene rings is 3. The van der Waals surface area contributed by atoms with Crippen LogP contribution in [0.2, 0.25) is 0 Å². The molecule has 146 valence electrons. The smallest absolute Gasteiger partial charge is 0.258 e. The summed E-state index contributed by atoms with van der Waals surface area (Å²) in [7, 11) is 0. The van der Waals surface area contributed by atoms with Gasteiger partial charge in [-0.25, -0.2) is 0 Å². The van der Waals surface area contributed by atoms with Crippen molar-refractivity contribution in [1.82, 2.24) is 4.98 Å². The van der Waals surface area contributed by atoms with Crippen LogP contribution < -0.4 is 4.90 Å². The maximum atomic E-state index is 13.4. The average molecular weight is 410 g/mol. The van der Waals surface area contributed by atoms with Gasteiger partial charge >= 0.3 is 0 Å². The fourth-order valence-corrected chi connectivity index (χ4v) is 3.97. The zero-order chi connectivity index (χ0) is 20.9. The molecule has 0 bridgehead atoms. The van der Waals surface area contributed by atoms with Crippen molar-refractivity contribution in [2.45, 2.75) is 13.5 Å². The number of nitriles is 1. The first-order chi connectivity index (χ1) is 14.7. The molecule has 0 radical (unpaired) electrons. The van der Waals surface area contributed by atoms with Gasteiger partial charge in [0.2, 0.25) is 0 Å². The summed E-state index contributed by atoms with van der Waals surface area (Å²) in [5.74, 6) is -0.0931. The van der Waals surface area contributed by atoms with E-state index in [-0.39, 0.29) is 5.91 Å². The normalized spacial score (nSPS) is 10.4. The number of amides is 1. The molecule has 0 spiro atoms. The van der Waals surface area contributed by atoms with E-state index in [0.29, 0.717) is 17.7 Å². The van der Waals surface area contributed by atoms with E-state index in [9.17, 15) is 10.1 Å². The summed E-state index contributed by atoms with van der Waals surface area (Å²) < 4.78 is 0. The molecule has 3 aromatic carbocycles. The van der Waals surface area contributed by atoms with Gasteiger partial charge in [-0.2, -0.15) is 5.26 Å². The highest BCUT2D eigenvalue weighted by Gasteiger charge is 2.20. The molecule has 4 rings (SSSR count). The standard InChI is InChI=1S/C25H19N3OS/c1-18-7-5-6-10-23(18)24-13-21(12-11-20(24)14-26)28(16-22-15-27-17-30-22)25(29)19-8-3-2-4-9-19/h2-13,15,17H,16H2,1H3. The summed E-state index contributed by atoms with van der Waals surface area (Å²) in [5, 5.41) is 9.66. The number of rotatable bonds is 5. The molecular formula is C25H19N3OS. The lowest BCUT2D eigenvalue weighted by Gasteiger charge is -2.23. The van der Waals surface area contributed by atoms with E-state index in [0.717, 1.165) is 27.3 Å². The number of aromatic nitrogens is 1. The molecule has 0 aliphatic heterocycles. The van der Waals surface area contributed by atoms with Gasteiger partial charge in [0.05, 0.1) is 23.7 Å². The van der Waals surface area contributed by atoms with Gasteiger partial charge in [-0.05, 0) is 48.4 Å². The number of carbonyl (C=O) groups is 1. The van der Waals surface area contributed by atoms with Crippen molar-refractivity contribution in [1.29, 1.82) is 5.26 Å². The molecule has 0 aliphatic carbocycles. The zero-order valence-electron chi connectivity index (χ0n) is 16.4. The van der Waals surface area contributed by atoms with Gasteiger partial charge in [-0.1, -0.05) is 42.5 Å². The summed E-state index contributed by atoms with van der Waals surface area (Å²) in [6.45, 7) is 2.44. The Morgan fingerprint density at radius 1 is 1.03 bits per heavy atom. The first-order valence-corrected chi connectivity index (χ1v) is 10.4. The molecule has 0 fully saturated rings. The maximum absolute atomic E-state index is 13.4. The fraction of sp³-hybridized carbons (Fsp3) is 0.0800. The highest BCUT2D eigenvalue weighted by molar-refractivity contribution is 7.09. The summed E-state index contributed by atoms with van der Waals surface area (Å²) in [5.41, 5.74) is 6.59. The fourth-order valence-electron chi connectivity index (χ4n) is 3.39. The minimum Gasteiger partial charge on any atom is -0.303 e. The third-order valence-electron chi connectivity index (χ3n) is 4.93. The van der Waals surface area contributed by atoms with Crippen LogP contribution in [0.3, 0.4) is 0 Å². The molecule has 1 aromatic heterocycles. The molecule has 5 heteroatoms. The molecular weight excluding hydrogens is 390 g/mol. The minimum absolute atomic E-state index is 0.0931. The molecule has 0 saturated heterocycles. The molecule has 4 aromatic rings. The second kappa shape index (κ2) is 8.73. The second-order valence-corrected chi connectivity index (χ2v) is 7.85. The van der Waals surface area contributed by atoms with Crippen molar-refractivity contribution >= 4 is 22.9 Å². The second-order valence-electron chi connectivity index (χ2n) is 6.88. The van der Waals surface area contributed by atoms with Crippen LogP contribution in [0.15, 0.2) is 84.5 Å². The molecule has 4 nitrogen and oxygen atoms in total. The molecule has 0 atom stereocenters. The van der Waals surface area contributed by atoms with Crippen molar-refractivity contribution in [2.24, 2.45) is 0 Å². The van der Waals surface area contributed by atoms with Gasteiger partial charge in [0.15, 0.2) is 0 Å². The van der Waals surface area contributed by atoms with Gasteiger partial charge < -0.3 is 4.90 Å². The Balaban J connectivity index is 1.83. The Bertz CT molecular complexity index is 1210. The number of hydrogen-bond acceptors (Lipinski definition) is 4. The average Bonchev–Trinajstić information content (AvgIpc) is 3.31. The molecule has 0 saturated carbocycles. The molecule has 0 N–H and O–H groups in total. The van der Waals surface area contributed by atoms with Crippen molar-refractivity contribution in [3.8, 4) is 17.2 Å². The number of aryl methyl sites for hydroxylation is 1. The lowest BCUT2D eigenvalue weighted by Crippen LogP contribution is -2.30. The lowest BCUT2D eigenvalue weighted by atomic mass is 9.95. The monoisotopic (exact) mass is 409 g/mol. The molecule has 0 unspecified atom stereocenters. The van der Waals surface area contributed by atoms with E-state index in [2.05, 4.69) is 11.1 Å². The SMILES string of the molecule is Cc1ccccc1-c1cc(N(Cc2cncs2)C(=O)c2ccccc2)ccc1C#N. The Morgan fingerprint density at radius 3 is 2.50 bits per heavy atom. The van der Waals surface area contributed by atoms with Crippen LogP contribution in [0, 0.1) is 18.3 Å². The van der Waals surface area contributed by atoms with Gasteiger partial charge in [-0.15, -0.1) is 11.3 Å². The molecule has 1 heterocycles. The van der Waals surface area contributed by atoms with E-state index in [1.807, 2.05) is 73.7 Å². The predicted molar refractivity (Wildman–Crippen MR) is 120 cm³/mol. The summed E-state index contributed by atoms with van der Waals surface area (Å²) in [4.78, 5) is 20.3. The van der Waals surface area contributed by atoms with E-state index in [1.165, 1.54) is 11.3 Å². The third-order valence-corrected chi connectivity index (χ3v) is 5.70. The molecule has 0 aliphatic rings. The Morgan fingerprint density at radius 2 is 1.80 bits per heavy atom. The number of hydrogen-bond donors (Lipinski definition) is 0. The highest BCUT2D eigenvalue weighted by atomic mass is 32.1. The van der Waals surface area contributed by atoms with E-state index in [4.69, 9.17) is 0 Å². The Kier molecular flexibility index (Phi) is 5.69. The van der Waals surface area contributed by atoms with E-state index >= 15 is 0 Å². The van der Waals surface area contributed by atoms with Gasteiger partial charge in [-0.3, -0.25) is 9.78 Å². The zero-order valence-corrected chi connectivity index (χ0v) is 17.3. The number of anilines is 1.